The lowest BCUT2D eigenvalue weighted by molar-refractivity contribution is 0.111. The second-order valence-electron chi connectivity index (χ2n) is 5.10. The highest BCUT2D eigenvalue weighted by Crippen LogP contribution is 2.30. The summed E-state index contributed by atoms with van der Waals surface area (Å²) in [4.78, 5) is 13.5. The normalized spacial score (nSPS) is 15.8. The summed E-state index contributed by atoms with van der Waals surface area (Å²) in [5.74, 6) is 1.18. The molecule has 0 unspecified atom stereocenters. The highest BCUT2D eigenvalue weighted by atomic mass is 16.5. The summed E-state index contributed by atoms with van der Waals surface area (Å²) < 4.78 is 11.0. The molecule has 1 aromatic carbocycles. The summed E-state index contributed by atoms with van der Waals surface area (Å²) in [6.45, 7) is 4.08. The number of ether oxygens (including phenoxy) is 2. The maximum absolute atomic E-state index is 11.0. The van der Waals surface area contributed by atoms with Crippen molar-refractivity contribution in [1.29, 1.82) is 0 Å². The third-order valence-electron chi connectivity index (χ3n) is 3.67. The van der Waals surface area contributed by atoms with Crippen LogP contribution in [0.15, 0.2) is 18.2 Å². The number of likely N-dealkylation sites (tertiary alicyclic amines) is 1. The summed E-state index contributed by atoms with van der Waals surface area (Å²) >= 11 is 0. The van der Waals surface area contributed by atoms with Crippen LogP contribution in [0.25, 0.3) is 0 Å². The average Bonchev–Trinajstić information content (AvgIpc) is 2.52. The zero-order valence-electron chi connectivity index (χ0n) is 12.1. The van der Waals surface area contributed by atoms with E-state index in [1.807, 2.05) is 6.07 Å². The molecule has 0 bridgehead atoms. The predicted octanol–water partition coefficient (Wildman–Crippen LogP) is 2.76. The molecule has 0 radical (unpaired) electrons. The lowest BCUT2D eigenvalue weighted by atomic mass is 10.1. The second kappa shape index (κ2) is 7.90. The van der Waals surface area contributed by atoms with Gasteiger partial charge in [0.25, 0.3) is 0 Å². The number of benzene rings is 1. The molecule has 4 heteroatoms. The Labute approximate surface area is 120 Å². The Hall–Kier alpha value is -1.55. The molecule has 20 heavy (non-hydrogen) atoms. The van der Waals surface area contributed by atoms with Crippen molar-refractivity contribution >= 4 is 6.29 Å². The molecule has 1 aliphatic rings. The third kappa shape index (κ3) is 3.97. The van der Waals surface area contributed by atoms with Crippen LogP contribution < -0.4 is 9.47 Å². The van der Waals surface area contributed by atoms with Crippen LogP contribution in [0, 0.1) is 0 Å². The molecule has 0 atom stereocenters. The average molecular weight is 277 g/mol. The molecule has 2 rings (SSSR count). The van der Waals surface area contributed by atoms with Crippen LogP contribution >= 0.6 is 0 Å². The fourth-order valence-electron chi connectivity index (χ4n) is 2.59. The molecule has 0 aromatic heterocycles. The number of hydrogen-bond donors (Lipinski definition) is 0. The zero-order valence-corrected chi connectivity index (χ0v) is 12.1. The van der Waals surface area contributed by atoms with Gasteiger partial charge in [0.15, 0.2) is 17.8 Å². The van der Waals surface area contributed by atoms with Gasteiger partial charge in [0.2, 0.25) is 0 Å². The Morgan fingerprint density at radius 3 is 2.75 bits per heavy atom. The van der Waals surface area contributed by atoms with E-state index < -0.39 is 0 Å². The number of carbonyl (C=O) groups excluding carboxylic acids is 1. The number of piperidine rings is 1. The van der Waals surface area contributed by atoms with E-state index in [4.69, 9.17) is 9.47 Å². The molecule has 0 aliphatic carbocycles. The Morgan fingerprint density at radius 2 is 2.05 bits per heavy atom. The largest absolute Gasteiger partial charge is 0.493 e. The van der Waals surface area contributed by atoms with E-state index in [2.05, 4.69) is 4.90 Å². The first kappa shape index (κ1) is 14.9. The zero-order chi connectivity index (χ0) is 14.2. The first-order chi connectivity index (χ1) is 9.85. The van der Waals surface area contributed by atoms with Gasteiger partial charge in [0.1, 0.15) is 0 Å². The minimum absolute atomic E-state index is 0.544. The van der Waals surface area contributed by atoms with Crippen molar-refractivity contribution in [1.82, 2.24) is 4.90 Å². The molecule has 0 saturated carbocycles. The number of carbonyl (C=O) groups is 1. The Balaban J connectivity index is 1.82. The van der Waals surface area contributed by atoms with Gasteiger partial charge < -0.3 is 14.4 Å². The molecule has 0 N–H and O–H groups in total. The van der Waals surface area contributed by atoms with Crippen molar-refractivity contribution in [2.75, 3.05) is 33.4 Å². The van der Waals surface area contributed by atoms with Gasteiger partial charge in [0, 0.05) is 6.54 Å². The molecular formula is C16H23NO3. The number of para-hydroxylation sites is 1. The molecule has 0 amide bonds. The first-order valence-electron chi connectivity index (χ1n) is 7.32. The van der Waals surface area contributed by atoms with Crippen molar-refractivity contribution in [3.63, 3.8) is 0 Å². The second-order valence-corrected chi connectivity index (χ2v) is 5.10. The van der Waals surface area contributed by atoms with Crippen molar-refractivity contribution in [2.45, 2.75) is 25.7 Å². The van der Waals surface area contributed by atoms with E-state index in [1.54, 1.807) is 19.2 Å². The Morgan fingerprint density at radius 1 is 1.25 bits per heavy atom. The number of nitrogens with zero attached hydrogens (tertiary/aromatic N) is 1. The highest BCUT2D eigenvalue weighted by molar-refractivity contribution is 5.81. The van der Waals surface area contributed by atoms with Crippen LogP contribution in [-0.4, -0.2) is 44.5 Å². The minimum atomic E-state index is 0.544. The van der Waals surface area contributed by atoms with E-state index in [9.17, 15) is 4.79 Å². The van der Waals surface area contributed by atoms with Crippen LogP contribution in [-0.2, 0) is 0 Å². The van der Waals surface area contributed by atoms with Crippen molar-refractivity contribution in [3.05, 3.63) is 23.8 Å². The van der Waals surface area contributed by atoms with Gasteiger partial charge >= 0.3 is 0 Å². The Bertz CT molecular complexity index is 428. The van der Waals surface area contributed by atoms with Gasteiger partial charge in [0.05, 0.1) is 19.3 Å². The summed E-state index contributed by atoms with van der Waals surface area (Å²) in [6.07, 6.45) is 5.75. The summed E-state index contributed by atoms with van der Waals surface area (Å²) in [7, 11) is 1.59. The van der Waals surface area contributed by atoms with Crippen molar-refractivity contribution in [3.8, 4) is 11.5 Å². The molecule has 1 aliphatic heterocycles. The highest BCUT2D eigenvalue weighted by Gasteiger charge is 2.11. The predicted molar refractivity (Wildman–Crippen MR) is 78.8 cm³/mol. The SMILES string of the molecule is COc1cccc(C=O)c1OCCCN1CCCCC1. The third-order valence-corrected chi connectivity index (χ3v) is 3.67. The van der Waals surface area contributed by atoms with Crippen LogP contribution in [0.5, 0.6) is 11.5 Å². The van der Waals surface area contributed by atoms with Crippen molar-refractivity contribution in [2.24, 2.45) is 0 Å². The van der Waals surface area contributed by atoms with Gasteiger partial charge in [-0.05, 0) is 44.5 Å². The van der Waals surface area contributed by atoms with Crippen LogP contribution in [0.2, 0.25) is 0 Å². The van der Waals surface area contributed by atoms with Gasteiger partial charge in [-0.2, -0.15) is 0 Å². The van der Waals surface area contributed by atoms with E-state index in [0.717, 1.165) is 19.3 Å². The molecule has 1 fully saturated rings. The standard InChI is InChI=1S/C16H23NO3/c1-19-15-8-5-7-14(13-18)16(15)20-12-6-11-17-9-3-2-4-10-17/h5,7-8,13H,2-4,6,9-12H2,1H3. The van der Waals surface area contributed by atoms with Crippen LogP contribution in [0.3, 0.4) is 0 Å². The summed E-state index contributed by atoms with van der Waals surface area (Å²) in [5, 5.41) is 0. The van der Waals surface area contributed by atoms with Crippen LogP contribution in [0.4, 0.5) is 0 Å². The molecule has 1 saturated heterocycles. The number of hydrogen-bond acceptors (Lipinski definition) is 4. The number of methoxy groups -OCH3 is 1. The van der Waals surface area contributed by atoms with E-state index in [1.165, 1.54) is 32.4 Å². The lowest BCUT2D eigenvalue weighted by Crippen LogP contribution is -2.31. The topological polar surface area (TPSA) is 38.8 Å². The molecule has 1 heterocycles. The quantitative estimate of drug-likeness (QED) is 0.567. The van der Waals surface area contributed by atoms with Gasteiger partial charge in [-0.25, -0.2) is 0 Å². The number of rotatable bonds is 7. The van der Waals surface area contributed by atoms with Crippen LogP contribution in [0.1, 0.15) is 36.0 Å². The van der Waals surface area contributed by atoms with Gasteiger partial charge in [-0.15, -0.1) is 0 Å². The summed E-state index contributed by atoms with van der Waals surface area (Å²) in [6, 6.07) is 5.35. The molecule has 110 valence electrons. The minimum Gasteiger partial charge on any atom is -0.493 e. The fraction of sp³-hybridized carbons (Fsp3) is 0.562. The van der Waals surface area contributed by atoms with E-state index in [-0.39, 0.29) is 0 Å². The lowest BCUT2D eigenvalue weighted by Gasteiger charge is -2.26. The van der Waals surface area contributed by atoms with Gasteiger partial charge in [-0.3, -0.25) is 4.79 Å². The molecule has 1 aromatic rings. The first-order valence-corrected chi connectivity index (χ1v) is 7.32. The maximum atomic E-state index is 11.0. The van der Waals surface area contributed by atoms with E-state index >= 15 is 0 Å². The molecule has 0 spiro atoms. The van der Waals surface area contributed by atoms with Gasteiger partial charge in [-0.1, -0.05) is 12.5 Å². The Kier molecular flexibility index (Phi) is 5.87. The summed E-state index contributed by atoms with van der Waals surface area (Å²) in [5.41, 5.74) is 0.544. The molecular weight excluding hydrogens is 254 g/mol. The fourth-order valence-corrected chi connectivity index (χ4v) is 2.59. The van der Waals surface area contributed by atoms with Crippen molar-refractivity contribution < 1.29 is 14.3 Å². The monoisotopic (exact) mass is 277 g/mol. The smallest absolute Gasteiger partial charge is 0.171 e. The molecule has 4 nitrogen and oxygen atoms in total. The van der Waals surface area contributed by atoms with E-state index in [0.29, 0.717) is 23.7 Å². The number of aldehydes is 1. The maximum Gasteiger partial charge on any atom is 0.171 e.